The van der Waals surface area contributed by atoms with Crippen molar-refractivity contribution in [2.45, 2.75) is 19.0 Å². The summed E-state index contributed by atoms with van der Waals surface area (Å²) in [5.74, 6) is 0.0102. The number of hydrogen-bond donors (Lipinski definition) is 1. The van der Waals surface area contributed by atoms with Crippen molar-refractivity contribution >= 4 is 44.5 Å². The smallest absolute Gasteiger partial charge is 0.255 e. The molecule has 0 radical (unpaired) electrons. The Bertz CT molecular complexity index is 1230. The molecule has 1 amide bonds. The van der Waals surface area contributed by atoms with Gasteiger partial charge in [-0.1, -0.05) is 33.6 Å². The van der Waals surface area contributed by atoms with Crippen LogP contribution in [-0.2, 0) is 20.0 Å². The zero-order chi connectivity index (χ0) is 20.1. The molecule has 146 valence electrons. The molecule has 1 aliphatic rings. The van der Waals surface area contributed by atoms with E-state index in [4.69, 9.17) is 11.6 Å². The van der Waals surface area contributed by atoms with Crippen molar-refractivity contribution in [3.05, 3.63) is 74.5 Å². The minimum atomic E-state index is -0.143. The Morgan fingerprint density at radius 2 is 2.00 bits per heavy atom. The molecule has 7 nitrogen and oxygen atoms in total. The van der Waals surface area contributed by atoms with Crippen LogP contribution in [0.5, 0.6) is 0 Å². The van der Waals surface area contributed by atoms with Crippen molar-refractivity contribution < 1.29 is 4.79 Å². The Kier molecular flexibility index (Phi) is 4.40. The van der Waals surface area contributed by atoms with Crippen molar-refractivity contribution in [3.8, 4) is 0 Å². The zero-order valence-electron chi connectivity index (χ0n) is 15.4. The molecule has 4 aromatic rings. The molecule has 1 aliphatic heterocycles. The molecule has 0 spiro atoms. The quantitative estimate of drug-likeness (QED) is 0.487. The summed E-state index contributed by atoms with van der Waals surface area (Å²) < 4.78 is 2.71. The van der Waals surface area contributed by atoms with Crippen LogP contribution in [0.15, 0.2) is 47.1 Å². The Balaban J connectivity index is 1.55. The van der Waals surface area contributed by atoms with E-state index in [0.29, 0.717) is 18.0 Å². The second kappa shape index (κ2) is 6.96. The third-order valence-electron chi connectivity index (χ3n) is 5.37. The van der Waals surface area contributed by atoms with Gasteiger partial charge in [0.15, 0.2) is 0 Å². The van der Waals surface area contributed by atoms with Crippen molar-refractivity contribution in [1.82, 2.24) is 30.1 Å². The van der Waals surface area contributed by atoms with Gasteiger partial charge in [0.05, 0.1) is 23.0 Å². The van der Waals surface area contributed by atoms with E-state index in [1.165, 1.54) is 0 Å². The van der Waals surface area contributed by atoms with Gasteiger partial charge < -0.3 is 4.90 Å². The number of carbonyl (C=O) groups is 1. The lowest BCUT2D eigenvalue weighted by molar-refractivity contribution is 0.0708. The number of aromatic nitrogens is 5. The maximum atomic E-state index is 13.3. The van der Waals surface area contributed by atoms with Gasteiger partial charge >= 0.3 is 0 Å². The monoisotopic (exact) mass is 470 g/mol. The predicted molar refractivity (Wildman–Crippen MR) is 113 cm³/mol. The SMILES string of the molecule is Cn1ncc(Cl)c1CC1c2cc(Br)ccc2C(=O)N1Cc1ccc2n[nH]nc2c1. The molecule has 1 atom stereocenters. The molecule has 1 unspecified atom stereocenters. The number of hydrogen-bond acceptors (Lipinski definition) is 4. The number of fused-ring (bicyclic) bond motifs is 2. The van der Waals surface area contributed by atoms with Crippen LogP contribution in [0.4, 0.5) is 0 Å². The lowest BCUT2D eigenvalue weighted by Gasteiger charge is -2.26. The average Bonchev–Trinajstić information content (AvgIpc) is 3.36. The average molecular weight is 472 g/mol. The Morgan fingerprint density at radius 1 is 1.17 bits per heavy atom. The van der Waals surface area contributed by atoms with E-state index in [0.717, 1.165) is 37.9 Å². The van der Waals surface area contributed by atoms with Crippen molar-refractivity contribution in [2.75, 3.05) is 0 Å². The minimum Gasteiger partial charge on any atom is -0.327 e. The van der Waals surface area contributed by atoms with Crippen LogP contribution in [0, 0.1) is 0 Å². The van der Waals surface area contributed by atoms with E-state index in [-0.39, 0.29) is 11.9 Å². The van der Waals surface area contributed by atoms with Crippen LogP contribution in [0.3, 0.4) is 0 Å². The van der Waals surface area contributed by atoms with E-state index < -0.39 is 0 Å². The molecule has 0 saturated carbocycles. The topological polar surface area (TPSA) is 79.7 Å². The fourth-order valence-corrected chi connectivity index (χ4v) is 4.52. The maximum absolute atomic E-state index is 13.3. The molecule has 9 heteroatoms. The molecular formula is C20H16BrClN6O. The molecule has 1 N–H and O–H groups in total. The van der Waals surface area contributed by atoms with Crippen LogP contribution in [0.2, 0.25) is 5.02 Å². The number of aryl methyl sites for hydroxylation is 1. The summed E-state index contributed by atoms with van der Waals surface area (Å²) in [4.78, 5) is 15.1. The van der Waals surface area contributed by atoms with Gasteiger partial charge in [-0.05, 0) is 41.5 Å². The molecule has 0 aliphatic carbocycles. The molecule has 3 heterocycles. The highest BCUT2D eigenvalue weighted by atomic mass is 79.9. The van der Waals surface area contributed by atoms with Gasteiger partial charge in [-0.2, -0.15) is 20.5 Å². The number of benzene rings is 2. The molecule has 2 aromatic carbocycles. The van der Waals surface area contributed by atoms with Crippen LogP contribution in [0.25, 0.3) is 11.0 Å². The van der Waals surface area contributed by atoms with E-state index in [2.05, 4.69) is 36.4 Å². The van der Waals surface area contributed by atoms with Crippen LogP contribution >= 0.6 is 27.5 Å². The van der Waals surface area contributed by atoms with Crippen molar-refractivity contribution in [1.29, 1.82) is 0 Å². The fraction of sp³-hybridized carbons (Fsp3) is 0.200. The van der Waals surface area contributed by atoms with Gasteiger partial charge in [0.25, 0.3) is 5.91 Å². The van der Waals surface area contributed by atoms with Crippen molar-refractivity contribution in [3.63, 3.8) is 0 Å². The Hall–Kier alpha value is -2.71. The van der Waals surface area contributed by atoms with Gasteiger partial charge in [-0.15, -0.1) is 0 Å². The maximum Gasteiger partial charge on any atom is 0.255 e. The first kappa shape index (κ1) is 18.3. The normalized spacial score (nSPS) is 16.0. The standard InChI is InChI=1S/C20H16BrClN6O/c1-27-19(15(22)9-23-27)8-18-14-7-12(21)3-4-13(14)20(29)28(18)10-11-2-5-16-17(6-11)25-26-24-16/h2-7,9,18H,8,10H2,1H3,(H,24,25,26). The lowest BCUT2D eigenvalue weighted by atomic mass is 10.0. The highest BCUT2D eigenvalue weighted by Gasteiger charge is 2.37. The number of nitrogens with zero attached hydrogens (tertiary/aromatic N) is 5. The Labute approximate surface area is 179 Å². The Morgan fingerprint density at radius 3 is 2.79 bits per heavy atom. The van der Waals surface area contributed by atoms with Gasteiger partial charge in [0.2, 0.25) is 0 Å². The number of aromatic amines is 1. The molecule has 0 fully saturated rings. The van der Waals surface area contributed by atoms with Gasteiger partial charge in [-0.3, -0.25) is 9.48 Å². The largest absolute Gasteiger partial charge is 0.327 e. The molecule has 0 bridgehead atoms. The van der Waals surface area contributed by atoms with Crippen LogP contribution < -0.4 is 0 Å². The van der Waals surface area contributed by atoms with Gasteiger partial charge in [-0.25, -0.2) is 0 Å². The zero-order valence-corrected chi connectivity index (χ0v) is 17.8. The van der Waals surface area contributed by atoms with Gasteiger partial charge in [0.1, 0.15) is 11.0 Å². The highest BCUT2D eigenvalue weighted by Crippen LogP contribution is 2.39. The molecular weight excluding hydrogens is 456 g/mol. The lowest BCUT2D eigenvalue weighted by Crippen LogP contribution is -2.29. The van der Waals surface area contributed by atoms with Crippen molar-refractivity contribution in [2.24, 2.45) is 7.05 Å². The molecule has 0 saturated heterocycles. The molecule has 29 heavy (non-hydrogen) atoms. The van der Waals surface area contributed by atoms with E-state index in [9.17, 15) is 4.79 Å². The second-order valence-electron chi connectivity index (χ2n) is 7.09. The highest BCUT2D eigenvalue weighted by molar-refractivity contribution is 9.10. The summed E-state index contributed by atoms with van der Waals surface area (Å²) in [6.07, 6.45) is 2.22. The molecule has 2 aromatic heterocycles. The minimum absolute atomic E-state index is 0.0102. The van der Waals surface area contributed by atoms with E-state index >= 15 is 0 Å². The first-order valence-electron chi connectivity index (χ1n) is 9.07. The predicted octanol–water partition coefficient (Wildman–Crippen LogP) is 4.05. The summed E-state index contributed by atoms with van der Waals surface area (Å²) in [6, 6.07) is 11.5. The third-order valence-corrected chi connectivity index (χ3v) is 6.18. The fourth-order valence-electron chi connectivity index (χ4n) is 3.90. The number of carbonyl (C=O) groups excluding carboxylic acids is 1. The summed E-state index contributed by atoms with van der Waals surface area (Å²) >= 11 is 9.90. The third kappa shape index (κ3) is 3.12. The van der Waals surface area contributed by atoms with E-state index in [1.54, 1.807) is 10.9 Å². The summed E-state index contributed by atoms with van der Waals surface area (Å²) in [6.45, 7) is 0.466. The summed E-state index contributed by atoms with van der Waals surface area (Å²) in [5.41, 5.74) is 5.18. The summed E-state index contributed by atoms with van der Waals surface area (Å²) in [5, 5.41) is 15.7. The number of H-pyrrole nitrogens is 1. The van der Waals surface area contributed by atoms with Gasteiger partial charge in [0, 0.05) is 30.0 Å². The van der Waals surface area contributed by atoms with Crippen LogP contribution in [-0.4, -0.2) is 36.0 Å². The number of rotatable bonds is 4. The first-order chi connectivity index (χ1) is 14.0. The van der Waals surface area contributed by atoms with Crippen LogP contribution in [0.1, 0.15) is 33.2 Å². The summed E-state index contributed by atoms with van der Waals surface area (Å²) in [7, 11) is 1.86. The van der Waals surface area contributed by atoms with E-state index in [1.807, 2.05) is 48.3 Å². The second-order valence-corrected chi connectivity index (χ2v) is 8.42. The number of amides is 1. The number of nitrogens with one attached hydrogen (secondary N) is 1. The molecule has 5 rings (SSSR count). The number of halogens is 2. The first-order valence-corrected chi connectivity index (χ1v) is 10.2.